The van der Waals surface area contributed by atoms with E-state index in [2.05, 4.69) is 6.92 Å². The first-order valence-electron chi connectivity index (χ1n) is 6.37. The fraction of sp³-hybridized carbons (Fsp3) is 0.500. The van der Waals surface area contributed by atoms with Crippen molar-refractivity contribution in [3.05, 3.63) is 29.8 Å². The third-order valence-corrected chi connectivity index (χ3v) is 4.55. The Kier molecular flexibility index (Phi) is 5.10. The summed E-state index contributed by atoms with van der Waals surface area (Å²) in [4.78, 5) is 11.0. The van der Waals surface area contributed by atoms with Crippen molar-refractivity contribution in [2.45, 2.75) is 24.7 Å². The molecule has 2 unspecified atom stereocenters. The van der Waals surface area contributed by atoms with Gasteiger partial charge in [0.25, 0.3) is 0 Å². The summed E-state index contributed by atoms with van der Waals surface area (Å²) in [6.45, 7) is 3.44. The van der Waals surface area contributed by atoms with Gasteiger partial charge >= 0.3 is 5.97 Å². The molecular weight excluding hydrogens is 264 g/mol. The zero-order valence-electron chi connectivity index (χ0n) is 10.9. The number of carboxylic acid groups (broad SMARTS) is 1. The monoisotopic (exact) mass is 282 g/mol. The second-order valence-electron chi connectivity index (χ2n) is 4.42. The summed E-state index contributed by atoms with van der Waals surface area (Å²) in [5, 5.41) is 9.55. The number of hydrogen-bond acceptors (Lipinski definition) is 4. The highest BCUT2D eigenvalue weighted by Gasteiger charge is 2.24. The molecular formula is C14H18O4S. The van der Waals surface area contributed by atoms with E-state index < -0.39 is 5.97 Å². The first-order valence-corrected chi connectivity index (χ1v) is 7.41. The van der Waals surface area contributed by atoms with Crippen LogP contribution in [0.1, 0.15) is 23.7 Å². The van der Waals surface area contributed by atoms with E-state index in [0.29, 0.717) is 23.7 Å². The van der Waals surface area contributed by atoms with Gasteiger partial charge < -0.3 is 14.6 Å². The van der Waals surface area contributed by atoms with Crippen LogP contribution in [0.4, 0.5) is 0 Å². The molecule has 0 saturated carbocycles. The highest BCUT2D eigenvalue weighted by Crippen LogP contribution is 2.26. The van der Waals surface area contributed by atoms with Crippen molar-refractivity contribution in [2.75, 3.05) is 19.0 Å². The van der Waals surface area contributed by atoms with E-state index in [9.17, 15) is 4.79 Å². The Morgan fingerprint density at radius 1 is 1.53 bits per heavy atom. The first-order chi connectivity index (χ1) is 9.18. The third kappa shape index (κ3) is 3.88. The number of benzene rings is 1. The molecule has 1 aromatic rings. The van der Waals surface area contributed by atoms with Gasteiger partial charge in [-0.15, -0.1) is 0 Å². The van der Waals surface area contributed by atoms with Crippen molar-refractivity contribution in [1.29, 1.82) is 0 Å². The number of carbonyl (C=O) groups is 1. The topological polar surface area (TPSA) is 55.8 Å². The maximum atomic E-state index is 11.0. The summed E-state index contributed by atoms with van der Waals surface area (Å²) in [6, 6.07) is 6.72. The maximum absolute atomic E-state index is 11.0. The minimum absolute atomic E-state index is 0.213. The van der Waals surface area contributed by atoms with Crippen molar-refractivity contribution in [3.63, 3.8) is 0 Å². The number of para-hydroxylation sites is 1. The Bertz CT molecular complexity index is 435. The predicted molar refractivity (Wildman–Crippen MR) is 75.2 cm³/mol. The van der Waals surface area contributed by atoms with Gasteiger partial charge in [-0.05, 0) is 25.5 Å². The number of hydrogen-bond donors (Lipinski definition) is 1. The van der Waals surface area contributed by atoms with Crippen molar-refractivity contribution in [1.82, 2.24) is 0 Å². The van der Waals surface area contributed by atoms with Crippen LogP contribution in [0.2, 0.25) is 0 Å². The minimum atomic E-state index is -0.957. The van der Waals surface area contributed by atoms with Crippen LogP contribution in [0.3, 0.4) is 0 Å². The van der Waals surface area contributed by atoms with Crippen molar-refractivity contribution in [3.8, 4) is 5.75 Å². The average Bonchev–Trinajstić information content (AvgIpc) is 2.80. The predicted octanol–water partition coefficient (Wildman–Crippen LogP) is 2.67. The van der Waals surface area contributed by atoms with Gasteiger partial charge in [-0.2, -0.15) is 11.8 Å². The molecule has 0 aliphatic carbocycles. The van der Waals surface area contributed by atoms with Crippen LogP contribution in [-0.2, 0) is 4.74 Å². The third-order valence-electron chi connectivity index (χ3n) is 3.10. The largest absolute Gasteiger partial charge is 0.492 e. The molecule has 0 spiro atoms. The lowest BCUT2D eigenvalue weighted by Gasteiger charge is -2.14. The van der Waals surface area contributed by atoms with Crippen LogP contribution in [0, 0.1) is 0 Å². The molecule has 5 heteroatoms. The summed E-state index contributed by atoms with van der Waals surface area (Å²) < 4.78 is 11.0. The van der Waals surface area contributed by atoms with Crippen LogP contribution in [0.25, 0.3) is 0 Å². The Balaban J connectivity index is 1.78. The van der Waals surface area contributed by atoms with E-state index in [0.717, 1.165) is 18.8 Å². The summed E-state index contributed by atoms with van der Waals surface area (Å²) in [7, 11) is 0. The normalized spacial score (nSPS) is 22.4. The summed E-state index contributed by atoms with van der Waals surface area (Å²) in [6.07, 6.45) is 1.38. The van der Waals surface area contributed by atoms with Gasteiger partial charge in [0.2, 0.25) is 0 Å². The van der Waals surface area contributed by atoms with Crippen molar-refractivity contribution < 1.29 is 19.4 Å². The molecule has 4 nitrogen and oxygen atoms in total. The smallest absolute Gasteiger partial charge is 0.339 e. The molecule has 0 bridgehead atoms. The summed E-state index contributed by atoms with van der Waals surface area (Å²) in [5.41, 5.74) is 0.213. The highest BCUT2D eigenvalue weighted by atomic mass is 32.2. The molecule has 0 radical (unpaired) electrons. The molecule has 1 heterocycles. The standard InChI is InChI=1S/C14H18O4S/c1-10-13(6-7-17-10)19-9-8-18-12-5-3-2-4-11(12)14(15)16/h2-5,10,13H,6-9H2,1H3,(H,15,16). The molecule has 1 fully saturated rings. The van der Waals surface area contributed by atoms with Gasteiger partial charge in [-0.3, -0.25) is 0 Å². The molecule has 1 saturated heterocycles. The van der Waals surface area contributed by atoms with Crippen LogP contribution in [0.5, 0.6) is 5.75 Å². The Hall–Kier alpha value is -1.20. The molecule has 1 N–H and O–H groups in total. The molecule has 0 amide bonds. The highest BCUT2D eigenvalue weighted by molar-refractivity contribution is 8.00. The number of carboxylic acids is 1. The fourth-order valence-electron chi connectivity index (χ4n) is 2.05. The van der Waals surface area contributed by atoms with Crippen molar-refractivity contribution in [2.24, 2.45) is 0 Å². The average molecular weight is 282 g/mol. The van der Waals surface area contributed by atoms with Crippen LogP contribution in [-0.4, -0.2) is 41.4 Å². The lowest BCUT2D eigenvalue weighted by molar-refractivity contribution is 0.0692. The van der Waals surface area contributed by atoms with Crippen LogP contribution in [0.15, 0.2) is 24.3 Å². The maximum Gasteiger partial charge on any atom is 0.339 e. The molecule has 2 atom stereocenters. The van der Waals surface area contributed by atoms with Crippen LogP contribution < -0.4 is 4.74 Å². The van der Waals surface area contributed by atoms with E-state index in [1.165, 1.54) is 0 Å². The lowest BCUT2D eigenvalue weighted by Crippen LogP contribution is -2.15. The van der Waals surface area contributed by atoms with E-state index in [1.807, 2.05) is 11.8 Å². The number of ether oxygens (including phenoxy) is 2. The van der Waals surface area contributed by atoms with Gasteiger partial charge in [0, 0.05) is 17.6 Å². The minimum Gasteiger partial charge on any atom is -0.492 e. The second-order valence-corrected chi connectivity index (χ2v) is 5.77. The van der Waals surface area contributed by atoms with E-state index in [-0.39, 0.29) is 5.56 Å². The quantitative estimate of drug-likeness (QED) is 0.813. The summed E-state index contributed by atoms with van der Waals surface area (Å²) >= 11 is 1.83. The van der Waals surface area contributed by atoms with E-state index in [4.69, 9.17) is 14.6 Å². The number of aromatic carboxylic acids is 1. The van der Waals surface area contributed by atoms with E-state index in [1.54, 1.807) is 24.3 Å². The molecule has 1 aliphatic heterocycles. The Morgan fingerprint density at radius 3 is 3.00 bits per heavy atom. The first kappa shape index (κ1) is 14.2. The second kappa shape index (κ2) is 6.82. The molecule has 2 rings (SSSR count). The zero-order chi connectivity index (χ0) is 13.7. The SMILES string of the molecule is CC1OCCC1SCCOc1ccccc1C(=O)O. The van der Waals surface area contributed by atoms with Crippen LogP contribution >= 0.6 is 11.8 Å². The molecule has 1 aliphatic rings. The number of thioether (sulfide) groups is 1. The van der Waals surface area contributed by atoms with Gasteiger partial charge in [0.15, 0.2) is 0 Å². The van der Waals surface area contributed by atoms with Gasteiger partial charge in [-0.25, -0.2) is 4.79 Å². The molecule has 1 aromatic carbocycles. The van der Waals surface area contributed by atoms with E-state index >= 15 is 0 Å². The van der Waals surface area contributed by atoms with Gasteiger partial charge in [0.1, 0.15) is 11.3 Å². The van der Waals surface area contributed by atoms with Gasteiger partial charge in [-0.1, -0.05) is 12.1 Å². The van der Waals surface area contributed by atoms with Crippen molar-refractivity contribution >= 4 is 17.7 Å². The fourth-order valence-corrected chi connectivity index (χ4v) is 3.15. The Labute approximate surface area is 117 Å². The molecule has 19 heavy (non-hydrogen) atoms. The summed E-state index contributed by atoms with van der Waals surface area (Å²) in [5.74, 6) is 0.319. The Morgan fingerprint density at radius 2 is 2.32 bits per heavy atom. The molecule has 104 valence electrons. The van der Waals surface area contributed by atoms with Gasteiger partial charge in [0.05, 0.1) is 12.7 Å². The zero-order valence-corrected chi connectivity index (χ0v) is 11.7. The molecule has 0 aromatic heterocycles. The lowest BCUT2D eigenvalue weighted by atomic mass is 10.2. The number of rotatable bonds is 6.